The van der Waals surface area contributed by atoms with Gasteiger partial charge in [0.1, 0.15) is 0 Å². The molecule has 2 rings (SSSR count). The van der Waals surface area contributed by atoms with Crippen LogP contribution < -0.4 is 11.0 Å². The summed E-state index contributed by atoms with van der Waals surface area (Å²) in [6.07, 6.45) is 1.38. The van der Waals surface area contributed by atoms with Crippen molar-refractivity contribution in [2.24, 2.45) is 5.10 Å². The second-order valence-corrected chi connectivity index (χ2v) is 4.52. The number of rotatable bonds is 3. The number of amides is 1. The van der Waals surface area contributed by atoms with Crippen LogP contribution in [0.1, 0.15) is 16.1 Å². The minimum Gasteiger partial charge on any atom is -0.268 e. The third-order valence-corrected chi connectivity index (χ3v) is 2.81. The molecule has 0 radical (unpaired) electrons. The average Bonchev–Trinajstić information content (AvgIpc) is 2.42. The van der Waals surface area contributed by atoms with Crippen molar-refractivity contribution in [2.45, 2.75) is 0 Å². The van der Waals surface area contributed by atoms with E-state index >= 15 is 0 Å². The number of H-pyrrole nitrogens is 1. The topological polar surface area (TPSA) is 87.2 Å². The zero-order chi connectivity index (χ0) is 14.5. The number of nitrogens with zero attached hydrogens (tertiary/aromatic N) is 2. The lowest BCUT2D eigenvalue weighted by Crippen LogP contribution is -2.21. The van der Waals surface area contributed by atoms with Crippen molar-refractivity contribution in [1.82, 2.24) is 15.6 Å². The lowest BCUT2D eigenvalue weighted by Gasteiger charge is -1.99. The van der Waals surface area contributed by atoms with Crippen molar-refractivity contribution < 1.29 is 4.79 Å². The maximum absolute atomic E-state index is 11.6. The minimum atomic E-state index is -0.553. The van der Waals surface area contributed by atoms with Gasteiger partial charge in [0.05, 0.1) is 11.2 Å². The molecule has 0 fully saturated rings. The summed E-state index contributed by atoms with van der Waals surface area (Å²) in [5, 5.41) is 10.4. The molecule has 0 aliphatic carbocycles. The first-order chi connectivity index (χ1) is 9.56. The van der Waals surface area contributed by atoms with E-state index in [2.05, 4.69) is 20.7 Å². The number of halogens is 2. The van der Waals surface area contributed by atoms with Gasteiger partial charge in [0, 0.05) is 16.7 Å². The van der Waals surface area contributed by atoms with E-state index in [1.54, 1.807) is 18.2 Å². The Labute approximate surface area is 123 Å². The fourth-order valence-electron chi connectivity index (χ4n) is 1.29. The Bertz CT molecular complexity index is 707. The van der Waals surface area contributed by atoms with Crippen LogP contribution >= 0.6 is 23.2 Å². The van der Waals surface area contributed by atoms with E-state index in [-0.39, 0.29) is 5.69 Å². The fraction of sp³-hybridized carbons (Fsp3) is 0. The molecule has 20 heavy (non-hydrogen) atoms. The number of carbonyl (C=O) groups excluding carboxylic acids is 1. The van der Waals surface area contributed by atoms with Crippen LogP contribution in [-0.4, -0.2) is 22.3 Å². The van der Waals surface area contributed by atoms with Crippen molar-refractivity contribution >= 4 is 35.3 Å². The zero-order valence-corrected chi connectivity index (χ0v) is 11.4. The van der Waals surface area contributed by atoms with Crippen LogP contribution in [0.15, 0.2) is 40.2 Å². The monoisotopic (exact) mass is 310 g/mol. The molecule has 1 heterocycles. The van der Waals surface area contributed by atoms with E-state index in [1.807, 2.05) is 0 Å². The molecule has 0 aliphatic heterocycles. The van der Waals surface area contributed by atoms with Gasteiger partial charge < -0.3 is 0 Å². The number of hydrogen-bond acceptors (Lipinski definition) is 4. The van der Waals surface area contributed by atoms with Crippen LogP contribution in [0.4, 0.5) is 0 Å². The van der Waals surface area contributed by atoms with E-state index in [1.165, 1.54) is 18.3 Å². The molecule has 1 aromatic carbocycles. The highest BCUT2D eigenvalue weighted by atomic mass is 35.5. The molecule has 0 atom stereocenters. The van der Waals surface area contributed by atoms with Crippen molar-refractivity contribution in [3.05, 3.63) is 62.0 Å². The van der Waals surface area contributed by atoms with E-state index in [9.17, 15) is 9.59 Å². The Morgan fingerprint density at radius 1 is 1.30 bits per heavy atom. The van der Waals surface area contributed by atoms with Crippen molar-refractivity contribution in [3.8, 4) is 0 Å². The van der Waals surface area contributed by atoms with Gasteiger partial charge in [-0.25, -0.2) is 10.5 Å². The van der Waals surface area contributed by atoms with Crippen molar-refractivity contribution in [2.75, 3.05) is 0 Å². The molecule has 0 saturated carbocycles. The maximum Gasteiger partial charge on any atom is 0.291 e. The normalized spacial score (nSPS) is 10.7. The van der Waals surface area contributed by atoms with Crippen molar-refractivity contribution in [1.29, 1.82) is 0 Å². The molecular weight excluding hydrogens is 303 g/mol. The molecule has 0 bridgehead atoms. The average molecular weight is 311 g/mol. The van der Waals surface area contributed by atoms with Gasteiger partial charge in [0.15, 0.2) is 5.69 Å². The Morgan fingerprint density at radius 2 is 2.10 bits per heavy atom. The third-order valence-electron chi connectivity index (χ3n) is 2.24. The van der Waals surface area contributed by atoms with Crippen LogP contribution in [0, 0.1) is 0 Å². The second-order valence-electron chi connectivity index (χ2n) is 3.67. The number of hydrogen-bond donors (Lipinski definition) is 2. The SMILES string of the molecule is O=C(N/N=C\c1ccc(Cl)cc1Cl)c1ccc(=O)[nH]n1. The predicted molar refractivity (Wildman–Crippen MR) is 76.4 cm³/mol. The standard InChI is InChI=1S/C12H8Cl2N4O2/c13-8-2-1-7(9(14)5-8)6-15-18-12(20)10-3-4-11(19)17-16-10/h1-6H,(H,17,19)(H,18,20)/b15-6-. The lowest BCUT2D eigenvalue weighted by atomic mass is 10.2. The van der Waals surface area contributed by atoms with Gasteiger partial charge in [-0.1, -0.05) is 29.3 Å². The first kappa shape index (κ1) is 14.2. The van der Waals surface area contributed by atoms with Gasteiger partial charge in [0.25, 0.3) is 11.5 Å². The molecule has 1 amide bonds. The van der Waals surface area contributed by atoms with E-state index < -0.39 is 11.5 Å². The van der Waals surface area contributed by atoms with Gasteiger partial charge in [0.2, 0.25) is 0 Å². The highest BCUT2D eigenvalue weighted by molar-refractivity contribution is 6.36. The summed E-state index contributed by atoms with van der Waals surface area (Å²) in [5.41, 5.74) is 2.52. The number of carbonyl (C=O) groups is 1. The summed E-state index contributed by atoms with van der Waals surface area (Å²) in [4.78, 5) is 22.4. The molecule has 2 N–H and O–H groups in total. The molecule has 0 unspecified atom stereocenters. The molecular formula is C12H8Cl2N4O2. The number of aromatic amines is 1. The largest absolute Gasteiger partial charge is 0.291 e. The quantitative estimate of drug-likeness (QED) is 0.670. The van der Waals surface area contributed by atoms with Gasteiger partial charge in [-0.2, -0.15) is 10.2 Å². The van der Waals surface area contributed by atoms with E-state index in [4.69, 9.17) is 23.2 Å². The van der Waals surface area contributed by atoms with Crippen LogP contribution in [0.2, 0.25) is 10.0 Å². The Morgan fingerprint density at radius 3 is 2.75 bits per heavy atom. The summed E-state index contributed by atoms with van der Waals surface area (Å²) >= 11 is 11.7. The second kappa shape index (κ2) is 6.31. The summed E-state index contributed by atoms with van der Waals surface area (Å²) < 4.78 is 0. The number of benzene rings is 1. The number of nitrogens with one attached hydrogen (secondary N) is 2. The number of hydrazone groups is 1. The van der Waals surface area contributed by atoms with Gasteiger partial charge in [-0.05, 0) is 18.2 Å². The lowest BCUT2D eigenvalue weighted by molar-refractivity contribution is 0.0949. The van der Waals surface area contributed by atoms with E-state index in [0.29, 0.717) is 15.6 Å². The first-order valence-corrected chi connectivity index (χ1v) is 6.16. The molecule has 8 heteroatoms. The van der Waals surface area contributed by atoms with Gasteiger partial charge in [-0.3, -0.25) is 9.59 Å². The Balaban J connectivity index is 2.04. The molecule has 6 nitrogen and oxygen atoms in total. The predicted octanol–water partition coefficient (Wildman–Crippen LogP) is 1.84. The third kappa shape index (κ3) is 3.66. The Kier molecular flexibility index (Phi) is 4.49. The zero-order valence-electron chi connectivity index (χ0n) is 9.93. The highest BCUT2D eigenvalue weighted by Gasteiger charge is 2.05. The van der Waals surface area contributed by atoms with E-state index in [0.717, 1.165) is 0 Å². The summed E-state index contributed by atoms with van der Waals surface area (Å²) in [5.74, 6) is -0.553. The molecule has 0 spiro atoms. The molecule has 1 aromatic heterocycles. The van der Waals surface area contributed by atoms with Crippen LogP contribution in [-0.2, 0) is 0 Å². The molecule has 102 valence electrons. The van der Waals surface area contributed by atoms with Crippen LogP contribution in [0.3, 0.4) is 0 Å². The molecule has 0 aliphatic rings. The summed E-state index contributed by atoms with van der Waals surface area (Å²) in [6.45, 7) is 0. The molecule has 0 saturated heterocycles. The van der Waals surface area contributed by atoms with Crippen LogP contribution in [0.25, 0.3) is 0 Å². The summed E-state index contributed by atoms with van der Waals surface area (Å²) in [6, 6.07) is 7.37. The van der Waals surface area contributed by atoms with Crippen molar-refractivity contribution in [3.63, 3.8) is 0 Å². The summed E-state index contributed by atoms with van der Waals surface area (Å²) in [7, 11) is 0. The highest BCUT2D eigenvalue weighted by Crippen LogP contribution is 2.19. The van der Waals surface area contributed by atoms with Gasteiger partial charge in [-0.15, -0.1) is 0 Å². The minimum absolute atomic E-state index is 0.0453. The van der Waals surface area contributed by atoms with Gasteiger partial charge >= 0.3 is 0 Å². The Hall–Kier alpha value is -2.18. The van der Waals surface area contributed by atoms with Crippen LogP contribution in [0.5, 0.6) is 0 Å². The fourth-order valence-corrected chi connectivity index (χ4v) is 1.75. The first-order valence-electron chi connectivity index (χ1n) is 5.40. The maximum atomic E-state index is 11.6. The number of aromatic nitrogens is 2. The smallest absolute Gasteiger partial charge is 0.268 e. The molecule has 2 aromatic rings.